The van der Waals surface area contributed by atoms with Crippen molar-refractivity contribution in [3.8, 4) is 5.75 Å². The monoisotopic (exact) mass is 384 g/mol. The molecule has 4 rings (SSSR count). The maximum absolute atomic E-state index is 12.4. The standard InChI is InChI=1S/C21H28N4O3/c1-28-20-6-3-2-5-15(20)11-22-21(27)14-24-12-16-9-18(25-8-4-7-23-25)19(26)10-17(16)13-24/h2-8,16-19,26H,9-14H2,1H3,(H,22,27)/t16-,17+,18-,19-/m1/s1. The summed E-state index contributed by atoms with van der Waals surface area (Å²) in [6.45, 7) is 2.63. The average Bonchev–Trinajstić information content (AvgIpc) is 3.35. The van der Waals surface area contributed by atoms with Gasteiger partial charge in [-0.1, -0.05) is 18.2 Å². The number of nitrogens with zero attached hydrogens (tertiary/aromatic N) is 3. The molecule has 28 heavy (non-hydrogen) atoms. The predicted octanol–water partition coefficient (Wildman–Crippen LogP) is 1.45. The maximum Gasteiger partial charge on any atom is 0.234 e. The van der Waals surface area contributed by atoms with E-state index in [1.165, 1.54) is 0 Å². The normalized spacial score (nSPS) is 27.4. The van der Waals surface area contributed by atoms with Crippen LogP contribution in [0.25, 0.3) is 0 Å². The Labute approximate surface area is 165 Å². The van der Waals surface area contributed by atoms with Gasteiger partial charge in [-0.05, 0) is 36.8 Å². The van der Waals surface area contributed by atoms with Crippen LogP contribution in [-0.2, 0) is 11.3 Å². The summed E-state index contributed by atoms with van der Waals surface area (Å²) in [6.07, 6.45) is 4.99. The van der Waals surface area contributed by atoms with Crippen LogP contribution in [0.15, 0.2) is 42.7 Å². The highest BCUT2D eigenvalue weighted by Crippen LogP contribution is 2.40. The summed E-state index contributed by atoms with van der Waals surface area (Å²) in [5.74, 6) is 1.76. The summed E-state index contributed by atoms with van der Waals surface area (Å²) in [6, 6.07) is 9.65. The summed E-state index contributed by atoms with van der Waals surface area (Å²) in [4.78, 5) is 14.6. The Morgan fingerprint density at radius 3 is 2.79 bits per heavy atom. The van der Waals surface area contributed by atoms with Crippen molar-refractivity contribution in [3.05, 3.63) is 48.3 Å². The Morgan fingerprint density at radius 2 is 2.04 bits per heavy atom. The third-order valence-corrected chi connectivity index (χ3v) is 6.09. The highest BCUT2D eigenvalue weighted by Gasteiger charge is 2.42. The maximum atomic E-state index is 12.4. The third kappa shape index (κ3) is 4.05. The molecule has 0 radical (unpaired) electrons. The van der Waals surface area contributed by atoms with Crippen molar-refractivity contribution in [2.45, 2.75) is 31.5 Å². The first kappa shape index (κ1) is 19.0. The van der Waals surface area contributed by atoms with Crippen molar-refractivity contribution >= 4 is 5.91 Å². The lowest BCUT2D eigenvalue weighted by molar-refractivity contribution is -0.122. The molecule has 4 atom stereocenters. The van der Waals surface area contributed by atoms with Crippen LogP contribution in [0, 0.1) is 11.8 Å². The van der Waals surface area contributed by atoms with Gasteiger partial charge in [0.2, 0.25) is 5.91 Å². The van der Waals surface area contributed by atoms with Gasteiger partial charge in [0.05, 0.1) is 25.8 Å². The van der Waals surface area contributed by atoms with E-state index >= 15 is 0 Å². The Kier molecular flexibility index (Phi) is 5.64. The molecule has 2 heterocycles. The number of methoxy groups -OCH3 is 1. The Bertz CT molecular complexity index is 795. The van der Waals surface area contributed by atoms with Crippen LogP contribution in [-0.4, -0.2) is 58.5 Å². The highest BCUT2D eigenvalue weighted by atomic mass is 16.5. The van der Waals surface area contributed by atoms with Crippen molar-refractivity contribution in [3.63, 3.8) is 0 Å². The molecule has 7 nitrogen and oxygen atoms in total. The third-order valence-electron chi connectivity index (χ3n) is 6.09. The molecule has 2 aromatic rings. The molecule has 1 saturated carbocycles. The highest BCUT2D eigenvalue weighted by molar-refractivity contribution is 5.78. The Hall–Kier alpha value is -2.38. The first-order valence-electron chi connectivity index (χ1n) is 9.92. The number of fused-ring (bicyclic) bond motifs is 1. The van der Waals surface area contributed by atoms with Crippen LogP contribution in [0.5, 0.6) is 5.75 Å². The molecule has 1 aromatic heterocycles. The van der Waals surface area contributed by atoms with Gasteiger partial charge in [0, 0.05) is 37.6 Å². The molecule has 1 aliphatic heterocycles. The molecule has 2 N–H and O–H groups in total. The number of nitrogens with one attached hydrogen (secondary N) is 1. The van der Waals surface area contributed by atoms with Gasteiger partial charge >= 0.3 is 0 Å². The molecule has 0 bridgehead atoms. The summed E-state index contributed by atoms with van der Waals surface area (Å²) < 4.78 is 7.21. The number of hydrogen-bond acceptors (Lipinski definition) is 5. The second kappa shape index (κ2) is 8.32. The minimum absolute atomic E-state index is 0.0220. The van der Waals surface area contributed by atoms with E-state index in [1.54, 1.807) is 13.3 Å². The van der Waals surface area contributed by atoms with Crippen LogP contribution in [0.3, 0.4) is 0 Å². The molecule has 1 aliphatic carbocycles. The van der Waals surface area contributed by atoms with Gasteiger partial charge in [0.1, 0.15) is 5.75 Å². The van der Waals surface area contributed by atoms with Gasteiger partial charge in [0.15, 0.2) is 0 Å². The van der Waals surface area contributed by atoms with Gasteiger partial charge < -0.3 is 15.2 Å². The van der Waals surface area contributed by atoms with E-state index in [0.717, 1.165) is 37.2 Å². The molecule has 0 spiro atoms. The van der Waals surface area contributed by atoms with Crippen LogP contribution < -0.4 is 10.1 Å². The number of carbonyl (C=O) groups excluding carboxylic acids is 1. The minimum atomic E-state index is -0.375. The fourth-order valence-electron chi connectivity index (χ4n) is 4.70. The lowest BCUT2D eigenvalue weighted by atomic mass is 9.77. The number of benzene rings is 1. The van der Waals surface area contributed by atoms with E-state index in [9.17, 15) is 9.90 Å². The van der Waals surface area contributed by atoms with Crippen LogP contribution >= 0.6 is 0 Å². The molecular formula is C21H28N4O3. The molecule has 150 valence electrons. The molecule has 1 saturated heterocycles. The number of aliphatic hydroxyl groups is 1. The summed E-state index contributed by atoms with van der Waals surface area (Å²) in [7, 11) is 1.64. The van der Waals surface area contributed by atoms with E-state index in [4.69, 9.17) is 4.74 Å². The van der Waals surface area contributed by atoms with Gasteiger partial charge in [-0.25, -0.2) is 0 Å². The van der Waals surface area contributed by atoms with Gasteiger partial charge in [0.25, 0.3) is 0 Å². The summed E-state index contributed by atoms with van der Waals surface area (Å²) in [5, 5.41) is 17.9. The summed E-state index contributed by atoms with van der Waals surface area (Å²) in [5.41, 5.74) is 0.971. The second-order valence-electron chi connectivity index (χ2n) is 7.89. The fourth-order valence-corrected chi connectivity index (χ4v) is 4.70. The number of aliphatic hydroxyl groups excluding tert-OH is 1. The van der Waals surface area contributed by atoms with E-state index in [0.29, 0.717) is 24.9 Å². The number of rotatable bonds is 6. The van der Waals surface area contributed by atoms with Crippen LogP contribution in [0.4, 0.5) is 0 Å². The van der Waals surface area contributed by atoms with Crippen LogP contribution in [0.2, 0.25) is 0 Å². The lowest BCUT2D eigenvalue weighted by Gasteiger charge is -2.35. The minimum Gasteiger partial charge on any atom is -0.496 e. The number of amides is 1. The van der Waals surface area contributed by atoms with Crippen molar-refractivity contribution in [2.75, 3.05) is 26.7 Å². The van der Waals surface area contributed by atoms with Crippen molar-refractivity contribution in [1.82, 2.24) is 20.0 Å². The molecule has 7 heteroatoms. The zero-order valence-electron chi connectivity index (χ0n) is 16.2. The SMILES string of the molecule is COc1ccccc1CNC(=O)CN1C[C@H]2C[C@@H](n3cccn3)[C@H](O)C[C@H]2C1. The van der Waals surface area contributed by atoms with Crippen molar-refractivity contribution < 1.29 is 14.6 Å². The molecule has 1 amide bonds. The first-order valence-corrected chi connectivity index (χ1v) is 9.92. The van der Waals surface area contributed by atoms with E-state index in [1.807, 2.05) is 41.2 Å². The predicted molar refractivity (Wildman–Crippen MR) is 105 cm³/mol. The second-order valence-corrected chi connectivity index (χ2v) is 7.89. The smallest absolute Gasteiger partial charge is 0.234 e. The molecule has 1 aromatic carbocycles. The fraction of sp³-hybridized carbons (Fsp3) is 0.524. The molecule has 2 aliphatic rings. The Morgan fingerprint density at radius 1 is 1.25 bits per heavy atom. The number of likely N-dealkylation sites (tertiary alicyclic amines) is 1. The van der Waals surface area contributed by atoms with Crippen LogP contribution in [0.1, 0.15) is 24.4 Å². The number of para-hydroxylation sites is 1. The summed E-state index contributed by atoms with van der Waals surface area (Å²) >= 11 is 0. The zero-order valence-corrected chi connectivity index (χ0v) is 16.2. The molecule has 0 unspecified atom stereocenters. The van der Waals surface area contributed by atoms with E-state index in [-0.39, 0.29) is 18.1 Å². The lowest BCUT2D eigenvalue weighted by Crippen LogP contribution is -2.36. The Balaban J connectivity index is 1.29. The topological polar surface area (TPSA) is 79.6 Å². The number of carbonyl (C=O) groups is 1. The number of hydrogen-bond donors (Lipinski definition) is 2. The number of aromatic nitrogens is 2. The van der Waals surface area contributed by atoms with Gasteiger partial charge in [-0.15, -0.1) is 0 Å². The average molecular weight is 384 g/mol. The van der Waals surface area contributed by atoms with E-state index < -0.39 is 0 Å². The van der Waals surface area contributed by atoms with Gasteiger partial charge in [-0.2, -0.15) is 5.10 Å². The molecule has 2 fully saturated rings. The van der Waals surface area contributed by atoms with Crippen molar-refractivity contribution in [1.29, 1.82) is 0 Å². The quantitative estimate of drug-likeness (QED) is 0.788. The first-order chi connectivity index (χ1) is 13.6. The van der Waals surface area contributed by atoms with E-state index in [2.05, 4.69) is 15.3 Å². The van der Waals surface area contributed by atoms with Crippen molar-refractivity contribution in [2.24, 2.45) is 11.8 Å². The molecular weight excluding hydrogens is 356 g/mol. The largest absolute Gasteiger partial charge is 0.496 e. The zero-order chi connectivity index (χ0) is 19.5. The number of ether oxygens (including phenoxy) is 1. The van der Waals surface area contributed by atoms with Gasteiger partial charge in [-0.3, -0.25) is 14.4 Å².